The standard InChI is InChI=1S/C12H14N2O5/c1-6-7(4-9(19-6)12(17)18)5-13-8-2-3-10(15)14-11(8)16/h4,8,13H,2-3,5H2,1H3,(H,17,18)(H,14,15,16). The van der Waals surface area contributed by atoms with Gasteiger partial charge in [0.15, 0.2) is 0 Å². The van der Waals surface area contributed by atoms with E-state index in [0.29, 0.717) is 30.7 Å². The lowest BCUT2D eigenvalue weighted by Crippen LogP contribution is -2.50. The number of rotatable bonds is 4. The monoisotopic (exact) mass is 266 g/mol. The molecule has 2 heterocycles. The van der Waals surface area contributed by atoms with Crippen molar-refractivity contribution in [3.05, 3.63) is 23.2 Å². The van der Waals surface area contributed by atoms with E-state index in [1.54, 1.807) is 6.92 Å². The van der Waals surface area contributed by atoms with E-state index in [9.17, 15) is 14.4 Å². The first-order chi connectivity index (χ1) is 8.97. The van der Waals surface area contributed by atoms with Crippen LogP contribution in [0.5, 0.6) is 0 Å². The fourth-order valence-corrected chi connectivity index (χ4v) is 1.92. The first kappa shape index (κ1) is 13.3. The molecule has 0 aromatic carbocycles. The van der Waals surface area contributed by atoms with Gasteiger partial charge in [-0.1, -0.05) is 0 Å². The highest BCUT2D eigenvalue weighted by atomic mass is 16.4. The second-order valence-corrected chi connectivity index (χ2v) is 4.38. The highest BCUT2D eigenvalue weighted by molar-refractivity contribution is 6.00. The van der Waals surface area contributed by atoms with E-state index in [4.69, 9.17) is 9.52 Å². The number of imide groups is 1. The number of piperidine rings is 1. The van der Waals surface area contributed by atoms with Crippen LogP contribution in [0.4, 0.5) is 0 Å². The average molecular weight is 266 g/mol. The Morgan fingerprint density at radius 1 is 1.58 bits per heavy atom. The SMILES string of the molecule is Cc1oc(C(=O)O)cc1CNC1CCC(=O)NC1=O. The van der Waals surface area contributed by atoms with Crippen LogP contribution in [0, 0.1) is 6.92 Å². The molecule has 0 spiro atoms. The van der Waals surface area contributed by atoms with E-state index in [1.165, 1.54) is 6.07 Å². The van der Waals surface area contributed by atoms with Crippen LogP contribution < -0.4 is 10.6 Å². The maximum Gasteiger partial charge on any atom is 0.371 e. The second kappa shape index (κ2) is 5.23. The molecule has 0 radical (unpaired) electrons. The molecule has 2 rings (SSSR count). The van der Waals surface area contributed by atoms with Gasteiger partial charge >= 0.3 is 5.97 Å². The summed E-state index contributed by atoms with van der Waals surface area (Å²) >= 11 is 0. The zero-order chi connectivity index (χ0) is 14.0. The molecule has 7 nitrogen and oxygen atoms in total. The number of hydrogen-bond donors (Lipinski definition) is 3. The molecule has 1 aromatic heterocycles. The molecule has 1 unspecified atom stereocenters. The van der Waals surface area contributed by atoms with Crippen LogP contribution in [0.15, 0.2) is 10.5 Å². The number of carbonyl (C=O) groups excluding carboxylic acids is 2. The van der Waals surface area contributed by atoms with E-state index in [0.717, 1.165) is 0 Å². The summed E-state index contributed by atoms with van der Waals surface area (Å²) < 4.78 is 5.07. The number of carboxylic acid groups (broad SMARTS) is 1. The third-order valence-corrected chi connectivity index (χ3v) is 3.01. The van der Waals surface area contributed by atoms with Gasteiger partial charge in [-0.15, -0.1) is 0 Å². The third kappa shape index (κ3) is 3.00. The highest BCUT2D eigenvalue weighted by Gasteiger charge is 2.26. The highest BCUT2D eigenvalue weighted by Crippen LogP contribution is 2.15. The van der Waals surface area contributed by atoms with Crippen molar-refractivity contribution in [2.24, 2.45) is 0 Å². The third-order valence-electron chi connectivity index (χ3n) is 3.01. The number of hydrogen-bond acceptors (Lipinski definition) is 5. The molecule has 1 saturated heterocycles. The van der Waals surface area contributed by atoms with Crippen molar-refractivity contribution < 1.29 is 23.9 Å². The molecular formula is C12H14N2O5. The largest absolute Gasteiger partial charge is 0.475 e. The summed E-state index contributed by atoms with van der Waals surface area (Å²) in [4.78, 5) is 33.2. The molecule has 0 bridgehead atoms. The van der Waals surface area contributed by atoms with E-state index >= 15 is 0 Å². The number of carboxylic acids is 1. The maximum absolute atomic E-state index is 11.5. The van der Waals surface area contributed by atoms with Crippen molar-refractivity contribution in [1.82, 2.24) is 10.6 Å². The summed E-state index contributed by atoms with van der Waals surface area (Å²) in [5.74, 6) is -1.38. The molecule has 1 fully saturated rings. The minimum Gasteiger partial charge on any atom is -0.475 e. The summed E-state index contributed by atoms with van der Waals surface area (Å²) in [6.45, 7) is 1.98. The Kier molecular flexibility index (Phi) is 3.66. The van der Waals surface area contributed by atoms with Crippen LogP contribution in [-0.4, -0.2) is 28.9 Å². The van der Waals surface area contributed by atoms with Crippen molar-refractivity contribution >= 4 is 17.8 Å². The molecule has 1 aliphatic heterocycles. The first-order valence-electron chi connectivity index (χ1n) is 5.87. The van der Waals surface area contributed by atoms with Crippen molar-refractivity contribution in [1.29, 1.82) is 0 Å². The van der Waals surface area contributed by atoms with Crippen LogP contribution in [-0.2, 0) is 16.1 Å². The van der Waals surface area contributed by atoms with Crippen LogP contribution in [0.3, 0.4) is 0 Å². The lowest BCUT2D eigenvalue weighted by molar-refractivity contribution is -0.134. The fourth-order valence-electron chi connectivity index (χ4n) is 1.92. The Bertz CT molecular complexity index is 534. The molecule has 19 heavy (non-hydrogen) atoms. The summed E-state index contributed by atoms with van der Waals surface area (Å²) in [6, 6.07) is 0.983. The number of carbonyl (C=O) groups is 3. The van der Waals surface area contributed by atoms with Gasteiger partial charge in [-0.2, -0.15) is 0 Å². The molecule has 3 N–H and O–H groups in total. The van der Waals surface area contributed by atoms with E-state index in [2.05, 4.69) is 10.6 Å². The minimum atomic E-state index is -1.13. The van der Waals surface area contributed by atoms with Gasteiger partial charge in [0.1, 0.15) is 5.76 Å². The molecule has 1 aliphatic rings. The molecular weight excluding hydrogens is 252 g/mol. The van der Waals surface area contributed by atoms with Crippen molar-refractivity contribution in [2.75, 3.05) is 0 Å². The maximum atomic E-state index is 11.5. The summed E-state index contributed by atoms with van der Waals surface area (Å²) in [5, 5.41) is 14.0. The molecule has 0 saturated carbocycles. The Labute approximate surface area is 109 Å². The Morgan fingerprint density at radius 2 is 2.32 bits per heavy atom. The van der Waals surface area contributed by atoms with Crippen LogP contribution >= 0.6 is 0 Å². The molecule has 7 heteroatoms. The molecule has 0 aliphatic carbocycles. The Balaban J connectivity index is 1.97. The summed E-state index contributed by atoms with van der Waals surface area (Å²) in [5.41, 5.74) is 0.683. The number of amides is 2. The van der Waals surface area contributed by atoms with Crippen molar-refractivity contribution in [2.45, 2.75) is 32.4 Å². The predicted molar refractivity (Wildman–Crippen MR) is 63.4 cm³/mol. The first-order valence-corrected chi connectivity index (χ1v) is 5.87. The number of furan rings is 1. The summed E-state index contributed by atoms with van der Waals surface area (Å²) in [7, 11) is 0. The van der Waals surface area contributed by atoms with Gasteiger partial charge < -0.3 is 14.8 Å². The molecule has 1 atom stereocenters. The van der Waals surface area contributed by atoms with Gasteiger partial charge in [0.2, 0.25) is 17.6 Å². The smallest absolute Gasteiger partial charge is 0.371 e. The van der Waals surface area contributed by atoms with Gasteiger partial charge in [-0.3, -0.25) is 14.9 Å². The van der Waals surface area contributed by atoms with Gasteiger partial charge in [0.05, 0.1) is 6.04 Å². The number of aryl methyl sites for hydroxylation is 1. The van der Waals surface area contributed by atoms with Gasteiger partial charge in [0, 0.05) is 18.5 Å². The van der Waals surface area contributed by atoms with E-state index in [-0.39, 0.29) is 17.6 Å². The fraction of sp³-hybridized carbons (Fsp3) is 0.417. The van der Waals surface area contributed by atoms with Gasteiger partial charge in [-0.05, 0) is 19.4 Å². The number of aromatic carboxylic acids is 1. The Morgan fingerprint density at radius 3 is 2.89 bits per heavy atom. The van der Waals surface area contributed by atoms with Crippen molar-refractivity contribution in [3.63, 3.8) is 0 Å². The molecule has 1 aromatic rings. The van der Waals surface area contributed by atoms with Crippen LogP contribution in [0.1, 0.15) is 34.7 Å². The minimum absolute atomic E-state index is 0.127. The average Bonchev–Trinajstić information content (AvgIpc) is 2.70. The van der Waals surface area contributed by atoms with Gasteiger partial charge in [0.25, 0.3) is 0 Å². The van der Waals surface area contributed by atoms with Crippen molar-refractivity contribution in [3.8, 4) is 0 Å². The van der Waals surface area contributed by atoms with E-state index < -0.39 is 12.0 Å². The number of nitrogens with one attached hydrogen (secondary N) is 2. The van der Waals surface area contributed by atoms with Crippen LogP contribution in [0.25, 0.3) is 0 Å². The molecule has 102 valence electrons. The predicted octanol–water partition coefficient (Wildman–Crippen LogP) is 0.181. The quantitative estimate of drug-likeness (QED) is 0.671. The second-order valence-electron chi connectivity index (χ2n) is 4.38. The summed E-state index contributed by atoms with van der Waals surface area (Å²) in [6.07, 6.45) is 0.738. The Hall–Kier alpha value is -2.15. The molecule has 2 amide bonds. The van der Waals surface area contributed by atoms with E-state index in [1.807, 2.05) is 0 Å². The topological polar surface area (TPSA) is 109 Å². The lowest BCUT2D eigenvalue weighted by atomic mass is 10.1. The zero-order valence-electron chi connectivity index (χ0n) is 10.4. The normalized spacial score (nSPS) is 19.3. The van der Waals surface area contributed by atoms with Crippen LogP contribution in [0.2, 0.25) is 0 Å². The lowest BCUT2D eigenvalue weighted by Gasteiger charge is -2.21. The van der Waals surface area contributed by atoms with Gasteiger partial charge in [-0.25, -0.2) is 4.79 Å². The zero-order valence-corrected chi connectivity index (χ0v) is 10.4.